The molecule has 3 aromatic heterocycles. The molecule has 9 nitrogen and oxygen atoms in total. The normalized spacial score (nSPS) is 10.8. The molecule has 0 radical (unpaired) electrons. The molecule has 0 aliphatic rings. The van der Waals surface area contributed by atoms with E-state index in [9.17, 15) is 14.4 Å². The van der Waals surface area contributed by atoms with Crippen LogP contribution in [0.1, 0.15) is 11.3 Å². The summed E-state index contributed by atoms with van der Waals surface area (Å²) in [7, 11) is 0. The van der Waals surface area contributed by atoms with E-state index in [1.54, 1.807) is 18.2 Å². The van der Waals surface area contributed by atoms with E-state index in [0.29, 0.717) is 17.2 Å². The van der Waals surface area contributed by atoms with Gasteiger partial charge in [0.05, 0.1) is 12.8 Å². The third kappa shape index (κ3) is 4.30. The van der Waals surface area contributed by atoms with Crippen molar-refractivity contribution < 1.29 is 18.5 Å². The molecule has 30 heavy (non-hydrogen) atoms. The lowest BCUT2D eigenvalue weighted by atomic mass is 10.2. The van der Waals surface area contributed by atoms with Gasteiger partial charge in [0.2, 0.25) is 5.76 Å². The Morgan fingerprint density at radius 2 is 1.87 bits per heavy atom. The second-order valence-electron chi connectivity index (χ2n) is 6.46. The fourth-order valence-electron chi connectivity index (χ4n) is 2.85. The largest absolute Gasteiger partial charge is 0.461 e. The van der Waals surface area contributed by atoms with E-state index >= 15 is 0 Å². The van der Waals surface area contributed by atoms with Gasteiger partial charge in [0.25, 0.3) is 5.56 Å². The third-order valence-corrected chi connectivity index (χ3v) is 4.33. The minimum atomic E-state index is -0.741. The Labute approximate surface area is 169 Å². The van der Waals surface area contributed by atoms with E-state index in [0.717, 1.165) is 10.1 Å². The lowest BCUT2D eigenvalue weighted by Crippen LogP contribution is -2.41. The lowest BCUT2D eigenvalue weighted by molar-refractivity contribution is -0.146. The van der Waals surface area contributed by atoms with E-state index in [2.05, 4.69) is 5.16 Å². The Balaban J connectivity index is 1.42. The third-order valence-electron chi connectivity index (χ3n) is 4.33. The van der Waals surface area contributed by atoms with Gasteiger partial charge < -0.3 is 13.7 Å². The molecule has 4 aromatic rings. The molecule has 0 bridgehead atoms. The van der Waals surface area contributed by atoms with Gasteiger partial charge in [-0.05, 0) is 17.7 Å². The molecule has 0 amide bonds. The monoisotopic (exact) mass is 407 g/mol. The number of ether oxygens (including phenoxy) is 1. The Morgan fingerprint density at radius 3 is 2.63 bits per heavy atom. The van der Waals surface area contributed by atoms with Crippen LogP contribution in [-0.2, 0) is 29.2 Å². The molecule has 0 saturated heterocycles. The first-order chi connectivity index (χ1) is 14.6. The maximum absolute atomic E-state index is 12.6. The zero-order chi connectivity index (χ0) is 20.9. The van der Waals surface area contributed by atoms with Crippen molar-refractivity contribution in [1.29, 1.82) is 0 Å². The second kappa shape index (κ2) is 8.48. The van der Waals surface area contributed by atoms with Crippen LogP contribution in [0.4, 0.5) is 0 Å². The summed E-state index contributed by atoms with van der Waals surface area (Å²) in [6.45, 7) is -0.386. The molecule has 152 valence electrons. The lowest BCUT2D eigenvalue weighted by Gasteiger charge is -2.09. The molecule has 4 rings (SSSR count). The maximum Gasteiger partial charge on any atom is 0.331 e. The van der Waals surface area contributed by atoms with E-state index in [1.165, 1.54) is 23.1 Å². The van der Waals surface area contributed by atoms with Crippen LogP contribution in [-0.4, -0.2) is 20.3 Å². The van der Waals surface area contributed by atoms with Crippen molar-refractivity contribution in [2.45, 2.75) is 19.7 Å². The van der Waals surface area contributed by atoms with Gasteiger partial charge in [0.15, 0.2) is 5.76 Å². The fraction of sp³-hybridized carbons (Fsp3) is 0.143. The summed E-state index contributed by atoms with van der Waals surface area (Å²) in [5.41, 5.74) is 0.0927. The van der Waals surface area contributed by atoms with Crippen molar-refractivity contribution in [3.63, 3.8) is 0 Å². The molecule has 0 aliphatic carbocycles. The molecule has 0 aliphatic heterocycles. The number of furan rings is 1. The van der Waals surface area contributed by atoms with E-state index in [1.807, 2.05) is 30.3 Å². The molecule has 0 N–H and O–H groups in total. The molecule has 0 saturated carbocycles. The Kier molecular flexibility index (Phi) is 5.42. The topological polar surface area (TPSA) is 109 Å². The van der Waals surface area contributed by atoms with E-state index in [-0.39, 0.29) is 13.2 Å². The smallest absolute Gasteiger partial charge is 0.331 e. The average molecular weight is 407 g/mol. The summed E-state index contributed by atoms with van der Waals surface area (Å²) in [5, 5.41) is 3.80. The highest BCUT2D eigenvalue weighted by Crippen LogP contribution is 2.20. The summed E-state index contributed by atoms with van der Waals surface area (Å²) < 4.78 is 17.7. The summed E-state index contributed by atoms with van der Waals surface area (Å²) in [5.74, 6) is 0.151. The van der Waals surface area contributed by atoms with Gasteiger partial charge >= 0.3 is 11.7 Å². The van der Waals surface area contributed by atoms with Crippen molar-refractivity contribution >= 4 is 5.97 Å². The van der Waals surface area contributed by atoms with Gasteiger partial charge in [-0.3, -0.25) is 14.2 Å². The molecular weight excluding hydrogens is 390 g/mol. The van der Waals surface area contributed by atoms with Gasteiger partial charge in [-0.15, -0.1) is 0 Å². The Morgan fingerprint density at radius 1 is 1.03 bits per heavy atom. The highest BCUT2D eigenvalue weighted by atomic mass is 16.5. The Hall–Kier alpha value is -4.14. The van der Waals surface area contributed by atoms with Crippen LogP contribution in [0.3, 0.4) is 0 Å². The van der Waals surface area contributed by atoms with Crippen LogP contribution >= 0.6 is 0 Å². The number of nitrogens with zero attached hydrogens (tertiary/aromatic N) is 3. The van der Waals surface area contributed by atoms with Gasteiger partial charge in [-0.25, -0.2) is 9.36 Å². The quantitative estimate of drug-likeness (QED) is 0.431. The van der Waals surface area contributed by atoms with Crippen LogP contribution in [0.5, 0.6) is 0 Å². The van der Waals surface area contributed by atoms with Crippen molar-refractivity contribution in [3.05, 3.63) is 99.2 Å². The zero-order valence-electron chi connectivity index (χ0n) is 15.8. The number of carbonyl (C=O) groups is 1. The molecule has 9 heteroatoms. The van der Waals surface area contributed by atoms with Crippen molar-refractivity contribution in [2.24, 2.45) is 0 Å². The minimum Gasteiger partial charge on any atom is -0.461 e. The maximum atomic E-state index is 12.6. The molecule has 0 spiro atoms. The number of esters is 1. The SMILES string of the molecule is O=C(Cn1c(=O)ccn(Cc2ccccc2)c1=O)OCc1cc(-c2ccco2)on1. The first-order valence-corrected chi connectivity index (χ1v) is 9.09. The first kappa shape index (κ1) is 19.2. The standard InChI is InChI=1S/C21H17N3O6/c25-19-8-9-23(12-15-5-2-1-3-6-15)21(27)24(19)13-20(26)29-14-16-11-18(30-22-16)17-7-4-10-28-17/h1-11H,12-14H2. The van der Waals surface area contributed by atoms with Gasteiger partial charge in [0.1, 0.15) is 18.8 Å². The van der Waals surface area contributed by atoms with E-state index < -0.39 is 23.8 Å². The zero-order valence-corrected chi connectivity index (χ0v) is 15.8. The highest BCUT2D eigenvalue weighted by molar-refractivity contribution is 5.69. The first-order valence-electron chi connectivity index (χ1n) is 9.09. The number of hydrogen-bond acceptors (Lipinski definition) is 7. The molecular formula is C21H17N3O6. The molecule has 0 unspecified atom stereocenters. The van der Waals surface area contributed by atoms with Gasteiger partial charge in [-0.2, -0.15) is 0 Å². The number of benzene rings is 1. The molecule has 3 heterocycles. The summed E-state index contributed by atoms with van der Waals surface area (Å²) in [6.07, 6.45) is 2.91. The van der Waals surface area contributed by atoms with E-state index in [4.69, 9.17) is 13.7 Å². The molecule has 1 aromatic carbocycles. The summed E-state index contributed by atoms with van der Waals surface area (Å²) >= 11 is 0. The summed E-state index contributed by atoms with van der Waals surface area (Å²) in [4.78, 5) is 36.9. The Bertz CT molecular complexity index is 1250. The van der Waals surface area contributed by atoms with Crippen LogP contribution in [0.25, 0.3) is 11.5 Å². The van der Waals surface area contributed by atoms with Crippen molar-refractivity contribution in [1.82, 2.24) is 14.3 Å². The highest BCUT2D eigenvalue weighted by Gasteiger charge is 2.14. The number of rotatable bonds is 7. The fourth-order valence-corrected chi connectivity index (χ4v) is 2.85. The van der Waals surface area contributed by atoms with Crippen molar-refractivity contribution in [2.75, 3.05) is 0 Å². The van der Waals surface area contributed by atoms with Crippen LogP contribution in [0.15, 0.2) is 85.6 Å². The van der Waals surface area contributed by atoms with Crippen LogP contribution < -0.4 is 11.2 Å². The predicted octanol–water partition coefficient (Wildman–Crippen LogP) is 2.05. The van der Waals surface area contributed by atoms with Crippen LogP contribution in [0.2, 0.25) is 0 Å². The van der Waals surface area contributed by atoms with Gasteiger partial charge in [-0.1, -0.05) is 35.5 Å². The van der Waals surface area contributed by atoms with Crippen molar-refractivity contribution in [3.8, 4) is 11.5 Å². The molecule has 0 atom stereocenters. The minimum absolute atomic E-state index is 0.164. The molecule has 0 fully saturated rings. The second-order valence-corrected chi connectivity index (χ2v) is 6.46. The number of aromatic nitrogens is 3. The summed E-state index contributed by atoms with van der Waals surface area (Å²) in [6, 6.07) is 15.5. The number of hydrogen-bond donors (Lipinski definition) is 0. The van der Waals surface area contributed by atoms with Crippen LogP contribution in [0, 0.1) is 0 Å². The number of carbonyl (C=O) groups excluding carboxylic acids is 1. The average Bonchev–Trinajstić information content (AvgIpc) is 3.44. The van der Waals surface area contributed by atoms with Gasteiger partial charge in [0, 0.05) is 18.3 Å². The predicted molar refractivity (Wildman–Crippen MR) is 105 cm³/mol.